The number of aryl methyl sites for hydroxylation is 2. The van der Waals surface area contributed by atoms with Gasteiger partial charge in [0.05, 0.1) is 12.2 Å². The molecular formula is C17H25NO. The number of fused-ring (bicyclic) bond motifs is 2. The summed E-state index contributed by atoms with van der Waals surface area (Å²) in [7, 11) is 0. The predicted molar refractivity (Wildman–Crippen MR) is 78.4 cm³/mol. The molecule has 4 atom stereocenters. The van der Waals surface area contributed by atoms with Crippen LogP contribution in [0.2, 0.25) is 0 Å². The zero-order chi connectivity index (χ0) is 13.2. The Balaban J connectivity index is 1.45. The molecule has 0 spiro atoms. The van der Waals surface area contributed by atoms with Crippen molar-refractivity contribution in [2.24, 2.45) is 0 Å². The molecule has 3 rings (SSSR count). The van der Waals surface area contributed by atoms with Crippen LogP contribution in [0.5, 0.6) is 0 Å². The van der Waals surface area contributed by atoms with E-state index >= 15 is 0 Å². The van der Waals surface area contributed by atoms with Crippen molar-refractivity contribution < 1.29 is 4.74 Å². The molecule has 0 amide bonds. The topological polar surface area (TPSA) is 21.3 Å². The lowest BCUT2D eigenvalue weighted by molar-refractivity contribution is 0.0961. The van der Waals surface area contributed by atoms with Crippen LogP contribution in [0.3, 0.4) is 0 Å². The van der Waals surface area contributed by atoms with Gasteiger partial charge in [0.2, 0.25) is 0 Å². The lowest BCUT2D eigenvalue weighted by Crippen LogP contribution is -2.42. The second kappa shape index (κ2) is 5.64. The Kier molecular flexibility index (Phi) is 3.90. The SMILES string of the molecule is Cc1cccc(CCC(C)NC2CC3CCC2O3)c1. The Morgan fingerprint density at radius 1 is 1.37 bits per heavy atom. The molecule has 1 aromatic rings. The van der Waals surface area contributed by atoms with Gasteiger partial charge in [-0.2, -0.15) is 0 Å². The highest BCUT2D eigenvalue weighted by atomic mass is 16.5. The summed E-state index contributed by atoms with van der Waals surface area (Å²) >= 11 is 0. The first-order chi connectivity index (χ1) is 9.20. The van der Waals surface area contributed by atoms with Crippen LogP contribution in [0.1, 0.15) is 43.7 Å². The van der Waals surface area contributed by atoms with Gasteiger partial charge in [0.25, 0.3) is 0 Å². The van der Waals surface area contributed by atoms with Crippen LogP contribution >= 0.6 is 0 Å². The monoisotopic (exact) mass is 259 g/mol. The van der Waals surface area contributed by atoms with Crippen molar-refractivity contribution >= 4 is 0 Å². The van der Waals surface area contributed by atoms with Gasteiger partial charge in [-0.05, 0) is 51.5 Å². The van der Waals surface area contributed by atoms with Crippen molar-refractivity contribution in [3.05, 3.63) is 35.4 Å². The van der Waals surface area contributed by atoms with Crippen LogP contribution in [0.15, 0.2) is 24.3 Å². The summed E-state index contributed by atoms with van der Waals surface area (Å²) in [4.78, 5) is 0. The van der Waals surface area contributed by atoms with Gasteiger partial charge in [0.1, 0.15) is 0 Å². The van der Waals surface area contributed by atoms with Gasteiger partial charge in [-0.25, -0.2) is 0 Å². The molecule has 1 aromatic carbocycles. The average molecular weight is 259 g/mol. The number of ether oxygens (including phenoxy) is 1. The maximum atomic E-state index is 5.90. The molecular weight excluding hydrogens is 234 g/mol. The zero-order valence-electron chi connectivity index (χ0n) is 12.1. The molecule has 2 heterocycles. The van der Waals surface area contributed by atoms with Gasteiger partial charge < -0.3 is 10.1 Å². The van der Waals surface area contributed by atoms with Crippen LogP contribution < -0.4 is 5.32 Å². The number of hydrogen-bond donors (Lipinski definition) is 1. The van der Waals surface area contributed by atoms with Gasteiger partial charge in [-0.3, -0.25) is 0 Å². The minimum Gasteiger partial charge on any atom is -0.373 e. The van der Waals surface area contributed by atoms with E-state index in [2.05, 4.69) is 43.4 Å². The first-order valence-corrected chi connectivity index (χ1v) is 7.68. The minimum absolute atomic E-state index is 0.492. The van der Waals surface area contributed by atoms with E-state index in [1.54, 1.807) is 0 Å². The molecule has 0 aliphatic carbocycles. The largest absolute Gasteiger partial charge is 0.373 e. The van der Waals surface area contributed by atoms with Gasteiger partial charge in [-0.1, -0.05) is 29.8 Å². The fourth-order valence-electron chi connectivity index (χ4n) is 3.51. The Morgan fingerprint density at radius 3 is 2.95 bits per heavy atom. The zero-order valence-corrected chi connectivity index (χ0v) is 12.1. The van der Waals surface area contributed by atoms with Gasteiger partial charge in [0.15, 0.2) is 0 Å². The van der Waals surface area contributed by atoms with E-state index in [0.29, 0.717) is 24.3 Å². The number of hydrogen-bond acceptors (Lipinski definition) is 2. The van der Waals surface area contributed by atoms with E-state index in [1.165, 1.54) is 36.8 Å². The summed E-state index contributed by atoms with van der Waals surface area (Å²) in [5, 5.41) is 3.77. The summed E-state index contributed by atoms with van der Waals surface area (Å²) < 4.78 is 5.90. The molecule has 2 aliphatic heterocycles. The van der Waals surface area contributed by atoms with Crippen molar-refractivity contribution in [2.45, 2.75) is 70.2 Å². The van der Waals surface area contributed by atoms with Crippen LogP contribution in [-0.4, -0.2) is 24.3 Å². The minimum atomic E-state index is 0.492. The Morgan fingerprint density at radius 2 is 2.26 bits per heavy atom. The van der Waals surface area contributed by atoms with Crippen LogP contribution in [0, 0.1) is 6.92 Å². The highest BCUT2D eigenvalue weighted by Crippen LogP contribution is 2.34. The van der Waals surface area contributed by atoms with E-state index in [9.17, 15) is 0 Å². The van der Waals surface area contributed by atoms with Crippen molar-refractivity contribution in [1.29, 1.82) is 0 Å². The van der Waals surface area contributed by atoms with Crippen LogP contribution in [0.25, 0.3) is 0 Å². The van der Waals surface area contributed by atoms with Crippen LogP contribution in [0.4, 0.5) is 0 Å². The normalized spacial score (nSPS) is 30.7. The third kappa shape index (κ3) is 3.18. The molecule has 2 fully saturated rings. The van der Waals surface area contributed by atoms with Crippen molar-refractivity contribution in [1.82, 2.24) is 5.32 Å². The lowest BCUT2D eigenvalue weighted by Gasteiger charge is -2.24. The predicted octanol–water partition coefficient (Wildman–Crippen LogP) is 3.23. The fraction of sp³-hybridized carbons (Fsp3) is 0.647. The van der Waals surface area contributed by atoms with Crippen molar-refractivity contribution in [3.63, 3.8) is 0 Å². The smallest absolute Gasteiger partial charge is 0.0733 e. The summed E-state index contributed by atoms with van der Waals surface area (Å²) in [5.41, 5.74) is 2.82. The number of rotatable bonds is 5. The van der Waals surface area contributed by atoms with Gasteiger partial charge in [0, 0.05) is 12.1 Å². The second-order valence-corrected chi connectivity index (χ2v) is 6.31. The summed E-state index contributed by atoms with van der Waals surface area (Å²) in [6, 6.07) is 10.0. The highest BCUT2D eigenvalue weighted by molar-refractivity contribution is 5.22. The molecule has 19 heavy (non-hydrogen) atoms. The van der Waals surface area contributed by atoms with Crippen molar-refractivity contribution in [3.8, 4) is 0 Å². The first kappa shape index (κ1) is 13.1. The summed E-state index contributed by atoms with van der Waals surface area (Å²) in [5.74, 6) is 0. The molecule has 2 aliphatic rings. The van der Waals surface area contributed by atoms with Crippen molar-refractivity contribution in [2.75, 3.05) is 0 Å². The third-order valence-corrected chi connectivity index (χ3v) is 4.55. The van der Waals surface area contributed by atoms with E-state index in [4.69, 9.17) is 4.74 Å². The Labute approximate surface area is 116 Å². The molecule has 0 aromatic heterocycles. The van der Waals surface area contributed by atoms with Crippen LogP contribution in [-0.2, 0) is 11.2 Å². The molecule has 0 radical (unpaired) electrons. The summed E-state index contributed by atoms with van der Waals surface area (Å²) in [6.45, 7) is 4.47. The van der Waals surface area contributed by atoms with E-state index in [1.807, 2.05) is 0 Å². The standard InChI is InChI=1S/C17H25NO/c1-12-4-3-5-14(10-12)7-6-13(2)18-16-11-15-8-9-17(16)19-15/h3-5,10,13,15-18H,6-9,11H2,1-2H3. The highest BCUT2D eigenvalue weighted by Gasteiger charge is 2.40. The molecule has 2 nitrogen and oxygen atoms in total. The average Bonchev–Trinajstić information content (AvgIpc) is 2.99. The first-order valence-electron chi connectivity index (χ1n) is 7.68. The number of benzene rings is 1. The maximum absolute atomic E-state index is 5.90. The Bertz CT molecular complexity index is 431. The summed E-state index contributed by atoms with van der Waals surface area (Å²) in [6.07, 6.45) is 7.17. The molecule has 1 N–H and O–H groups in total. The molecule has 104 valence electrons. The van der Waals surface area contributed by atoms with E-state index < -0.39 is 0 Å². The maximum Gasteiger partial charge on any atom is 0.0733 e. The molecule has 0 saturated carbocycles. The van der Waals surface area contributed by atoms with E-state index in [0.717, 1.165) is 6.42 Å². The quantitative estimate of drug-likeness (QED) is 0.876. The fourth-order valence-corrected chi connectivity index (χ4v) is 3.51. The molecule has 2 heteroatoms. The van der Waals surface area contributed by atoms with Gasteiger partial charge >= 0.3 is 0 Å². The van der Waals surface area contributed by atoms with Gasteiger partial charge in [-0.15, -0.1) is 0 Å². The Hall–Kier alpha value is -0.860. The lowest BCUT2D eigenvalue weighted by atomic mass is 9.94. The second-order valence-electron chi connectivity index (χ2n) is 6.31. The molecule has 2 bridgehead atoms. The number of nitrogens with one attached hydrogen (secondary N) is 1. The molecule has 2 saturated heterocycles. The molecule has 4 unspecified atom stereocenters. The van der Waals surface area contributed by atoms with E-state index in [-0.39, 0.29) is 0 Å². The third-order valence-electron chi connectivity index (χ3n) is 4.55.